The second-order valence-electron chi connectivity index (χ2n) is 8.28. The van der Waals surface area contributed by atoms with Crippen LogP contribution in [0.3, 0.4) is 0 Å². The second kappa shape index (κ2) is 9.73. The Kier molecular flexibility index (Phi) is 7.09. The minimum atomic E-state index is -4.70. The van der Waals surface area contributed by atoms with Gasteiger partial charge in [0, 0.05) is 29.1 Å². The van der Waals surface area contributed by atoms with Crippen LogP contribution in [0.1, 0.15) is 49.1 Å². The highest BCUT2D eigenvalue weighted by Crippen LogP contribution is 2.39. The second-order valence-corrected chi connectivity index (χ2v) is 9.75. The van der Waals surface area contributed by atoms with Crippen molar-refractivity contribution in [3.05, 3.63) is 57.7 Å². The summed E-state index contributed by atoms with van der Waals surface area (Å²) in [7, 11) is 0. The monoisotopic (exact) mass is 515 g/mol. The van der Waals surface area contributed by atoms with Gasteiger partial charge in [-0.15, -0.1) is 11.3 Å². The molecule has 0 amide bonds. The Morgan fingerprint density at radius 2 is 1.88 bits per heavy atom. The number of hydrogen-bond acceptors (Lipinski definition) is 7. The van der Waals surface area contributed by atoms with Crippen LogP contribution in [0.15, 0.2) is 30.6 Å². The Bertz CT molecular complexity index is 1150. The van der Waals surface area contributed by atoms with Crippen LogP contribution in [0.4, 0.5) is 22.7 Å². The molecule has 0 saturated carbocycles. The van der Waals surface area contributed by atoms with Crippen molar-refractivity contribution in [2.45, 2.75) is 57.7 Å². The smallest absolute Gasteiger partial charge is 0.368 e. The van der Waals surface area contributed by atoms with E-state index in [2.05, 4.69) is 39.0 Å². The molecule has 0 spiro atoms. The van der Waals surface area contributed by atoms with Gasteiger partial charge < -0.3 is 10.4 Å². The van der Waals surface area contributed by atoms with Gasteiger partial charge in [-0.25, -0.2) is 14.4 Å². The molecule has 12 heteroatoms. The fourth-order valence-corrected chi connectivity index (χ4v) is 5.13. The number of rotatable bonds is 6. The summed E-state index contributed by atoms with van der Waals surface area (Å²) in [6, 6.07) is 2.96. The van der Waals surface area contributed by atoms with E-state index in [1.807, 2.05) is 0 Å². The molecule has 1 saturated heterocycles. The average molecular weight is 516 g/mol. The van der Waals surface area contributed by atoms with Gasteiger partial charge in [0.2, 0.25) is 0 Å². The number of benzene rings is 1. The zero-order valence-electron chi connectivity index (χ0n) is 18.3. The predicted octanol–water partition coefficient (Wildman–Crippen LogP) is 5.89. The SMILES string of the molecule is C[C@@H]1CC[C@H](C)N1Cc1sc(NC(O)c2cnc(Cl)cn2)nc1-c1cc(F)cc(C(F)(F)F)c1. The van der Waals surface area contributed by atoms with E-state index in [1.54, 1.807) is 0 Å². The number of anilines is 1. The summed E-state index contributed by atoms with van der Waals surface area (Å²) >= 11 is 6.92. The van der Waals surface area contributed by atoms with Crippen molar-refractivity contribution in [3.8, 4) is 11.3 Å². The molecule has 6 nitrogen and oxygen atoms in total. The van der Waals surface area contributed by atoms with Crippen LogP contribution in [-0.4, -0.2) is 37.0 Å². The van der Waals surface area contributed by atoms with E-state index in [4.69, 9.17) is 11.6 Å². The first-order valence-corrected chi connectivity index (χ1v) is 11.8. The number of nitrogens with one attached hydrogen (secondary N) is 1. The Hall–Kier alpha value is -2.34. The molecule has 1 aliphatic rings. The van der Waals surface area contributed by atoms with Crippen molar-refractivity contribution in [2.24, 2.45) is 0 Å². The molecule has 0 aliphatic carbocycles. The number of aromatic nitrogens is 3. The normalized spacial score (nSPS) is 20.0. The summed E-state index contributed by atoms with van der Waals surface area (Å²) in [6.45, 7) is 4.62. The molecular weight excluding hydrogens is 494 g/mol. The summed E-state index contributed by atoms with van der Waals surface area (Å²) in [4.78, 5) is 15.2. The Labute approximate surface area is 202 Å². The first kappa shape index (κ1) is 24.8. The van der Waals surface area contributed by atoms with E-state index in [1.165, 1.54) is 23.7 Å². The van der Waals surface area contributed by atoms with Crippen LogP contribution in [-0.2, 0) is 12.7 Å². The molecule has 3 aromatic rings. The van der Waals surface area contributed by atoms with Gasteiger partial charge in [0.05, 0.1) is 23.7 Å². The van der Waals surface area contributed by atoms with Crippen LogP contribution >= 0.6 is 22.9 Å². The number of nitrogens with zero attached hydrogens (tertiary/aromatic N) is 4. The first-order chi connectivity index (χ1) is 16.0. The zero-order valence-corrected chi connectivity index (χ0v) is 19.8. The molecule has 0 radical (unpaired) electrons. The molecule has 4 rings (SSSR count). The summed E-state index contributed by atoms with van der Waals surface area (Å²) in [5.74, 6) is -1.00. The number of aliphatic hydroxyl groups excluding tert-OH is 1. The van der Waals surface area contributed by atoms with Crippen LogP contribution in [0.5, 0.6) is 0 Å². The summed E-state index contributed by atoms with van der Waals surface area (Å²) in [5.41, 5.74) is -0.643. The van der Waals surface area contributed by atoms with Crippen molar-refractivity contribution in [3.63, 3.8) is 0 Å². The highest BCUT2D eigenvalue weighted by Gasteiger charge is 2.33. The molecule has 3 heterocycles. The molecule has 0 bridgehead atoms. The van der Waals surface area contributed by atoms with Crippen molar-refractivity contribution in [2.75, 3.05) is 5.32 Å². The van der Waals surface area contributed by atoms with Gasteiger partial charge in [-0.3, -0.25) is 9.88 Å². The molecule has 1 aromatic carbocycles. The van der Waals surface area contributed by atoms with Crippen LogP contribution < -0.4 is 5.32 Å². The van der Waals surface area contributed by atoms with Gasteiger partial charge in [-0.05, 0) is 44.9 Å². The number of alkyl halides is 3. The highest BCUT2D eigenvalue weighted by atomic mass is 35.5. The number of halogens is 5. The largest absolute Gasteiger partial charge is 0.416 e. The summed E-state index contributed by atoms with van der Waals surface area (Å²) in [6.07, 6.45) is -1.39. The minimum Gasteiger partial charge on any atom is -0.368 e. The lowest BCUT2D eigenvalue weighted by molar-refractivity contribution is -0.137. The molecule has 1 fully saturated rings. The van der Waals surface area contributed by atoms with E-state index in [-0.39, 0.29) is 39.3 Å². The molecular formula is C22H22ClF4N5OS. The quantitative estimate of drug-likeness (QED) is 0.315. The Morgan fingerprint density at radius 1 is 1.18 bits per heavy atom. The van der Waals surface area contributed by atoms with Crippen molar-refractivity contribution in [1.29, 1.82) is 0 Å². The van der Waals surface area contributed by atoms with Crippen LogP contribution in [0.25, 0.3) is 11.3 Å². The molecule has 182 valence electrons. The lowest BCUT2D eigenvalue weighted by Gasteiger charge is -2.25. The molecule has 34 heavy (non-hydrogen) atoms. The van der Waals surface area contributed by atoms with Gasteiger partial charge in [0.1, 0.15) is 16.7 Å². The lowest BCUT2D eigenvalue weighted by atomic mass is 10.1. The fraction of sp³-hybridized carbons (Fsp3) is 0.409. The fourth-order valence-electron chi connectivity index (χ4n) is 4.02. The molecule has 2 N–H and O–H groups in total. The van der Waals surface area contributed by atoms with Gasteiger partial charge in [0.15, 0.2) is 11.4 Å². The van der Waals surface area contributed by atoms with E-state index in [0.29, 0.717) is 17.5 Å². The zero-order chi connectivity index (χ0) is 24.6. The van der Waals surface area contributed by atoms with Gasteiger partial charge in [-0.1, -0.05) is 11.6 Å². The summed E-state index contributed by atoms with van der Waals surface area (Å²) in [5, 5.41) is 13.7. The standard InChI is InChI=1S/C22H22ClF4N5OS/c1-11-3-4-12(2)32(11)10-17-19(13-5-14(22(25,26)27)7-15(24)6-13)30-21(34-17)31-20(33)16-8-29-18(23)9-28-16/h5-9,11-12,20,33H,3-4,10H2,1-2H3,(H,30,31)/t11-,12+,20?. The highest BCUT2D eigenvalue weighted by molar-refractivity contribution is 7.16. The van der Waals surface area contributed by atoms with E-state index in [0.717, 1.165) is 25.0 Å². The number of hydrogen-bond donors (Lipinski definition) is 2. The van der Waals surface area contributed by atoms with Crippen molar-refractivity contribution < 1.29 is 22.7 Å². The van der Waals surface area contributed by atoms with E-state index >= 15 is 0 Å². The van der Waals surface area contributed by atoms with Crippen LogP contribution in [0.2, 0.25) is 5.15 Å². The number of aliphatic hydroxyl groups is 1. The number of likely N-dealkylation sites (tertiary alicyclic amines) is 1. The van der Waals surface area contributed by atoms with Gasteiger partial charge in [-0.2, -0.15) is 13.2 Å². The van der Waals surface area contributed by atoms with Crippen molar-refractivity contribution >= 4 is 28.1 Å². The van der Waals surface area contributed by atoms with Gasteiger partial charge >= 0.3 is 6.18 Å². The summed E-state index contributed by atoms with van der Waals surface area (Å²) < 4.78 is 54.1. The third-order valence-electron chi connectivity index (χ3n) is 5.84. The first-order valence-electron chi connectivity index (χ1n) is 10.6. The maximum atomic E-state index is 14.2. The third-order valence-corrected chi connectivity index (χ3v) is 7.00. The maximum Gasteiger partial charge on any atom is 0.416 e. The Morgan fingerprint density at radius 3 is 2.50 bits per heavy atom. The van der Waals surface area contributed by atoms with Crippen molar-refractivity contribution in [1.82, 2.24) is 19.9 Å². The van der Waals surface area contributed by atoms with Crippen LogP contribution in [0, 0.1) is 5.82 Å². The molecule has 1 unspecified atom stereocenters. The molecule has 3 atom stereocenters. The topological polar surface area (TPSA) is 74.2 Å². The average Bonchev–Trinajstić information content (AvgIpc) is 3.31. The predicted molar refractivity (Wildman–Crippen MR) is 122 cm³/mol. The maximum absolute atomic E-state index is 14.2. The number of thiazole rings is 1. The minimum absolute atomic E-state index is 0.0203. The molecule has 2 aromatic heterocycles. The van der Waals surface area contributed by atoms with E-state index < -0.39 is 23.8 Å². The lowest BCUT2D eigenvalue weighted by Crippen LogP contribution is -2.31. The third kappa shape index (κ3) is 5.48. The van der Waals surface area contributed by atoms with Gasteiger partial charge in [0.25, 0.3) is 0 Å². The van der Waals surface area contributed by atoms with E-state index in [9.17, 15) is 22.7 Å². The molecule has 1 aliphatic heterocycles. The Balaban J connectivity index is 1.71.